The van der Waals surface area contributed by atoms with Gasteiger partial charge in [-0.25, -0.2) is 4.79 Å². The van der Waals surface area contributed by atoms with Crippen molar-refractivity contribution in [1.82, 2.24) is 10.6 Å². The summed E-state index contributed by atoms with van der Waals surface area (Å²) in [6, 6.07) is -0.268. The number of hydrogen-bond acceptors (Lipinski definition) is 2. The minimum absolute atomic E-state index is 0.226. The molecule has 2 amide bonds. The van der Waals surface area contributed by atoms with Gasteiger partial charge in [0.1, 0.15) is 0 Å². The van der Waals surface area contributed by atoms with Crippen LogP contribution in [-0.2, 0) is 4.79 Å². The number of amides is 2. The van der Waals surface area contributed by atoms with Crippen molar-refractivity contribution >= 4 is 12.0 Å². The van der Waals surface area contributed by atoms with Crippen LogP contribution in [0.25, 0.3) is 0 Å². The topological polar surface area (TPSA) is 78.4 Å². The predicted octanol–water partition coefficient (Wildman–Crippen LogP) is 1.83. The quantitative estimate of drug-likeness (QED) is 0.678. The summed E-state index contributed by atoms with van der Waals surface area (Å²) in [5, 5.41) is 14.6. The molecule has 0 bridgehead atoms. The van der Waals surface area contributed by atoms with E-state index in [1.807, 2.05) is 0 Å². The van der Waals surface area contributed by atoms with Crippen LogP contribution in [0.3, 0.4) is 0 Å². The van der Waals surface area contributed by atoms with Crippen LogP contribution in [0.1, 0.15) is 40.0 Å². The molecule has 1 fully saturated rings. The second kappa shape index (κ2) is 6.07. The zero-order valence-corrected chi connectivity index (χ0v) is 11.5. The zero-order chi connectivity index (χ0) is 13.8. The van der Waals surface area contributed by atoms with Gasteiger partial charge in [-0.2, -0.15) is 0 Å². The van der Waals surface area contributed by atoms with Crippen LogP contribution >= 0.6 is 0 Å². The van der Waals surface area contributed by atoms with Gasteiger partial charge in [0.05, 0.1) is 5.41 Å². The molecule has 1 saturated carbocycles. The molecule has 18 heavy (non-hydrogen) atoms. The Morgan fingerprint density at radius 1 is 1.22 bits per heavy atom. The van der Waals surface area contributed by atoms with E-state index in [0.717, 1.165) is 6.42 Å². The Balaban J connectivity index is 2.27. The Hall–Kier alpha value is -1.26. The molecule has 0 aromatic rings. The third-order valence-corrected chi connectivity index (χ3v) is 4.07. The SMILES string of the molecule is CC(C)C(C)CNC(=O)NCC1(C(=O)O)CCC1. The fourth-order valence-electron chi connectivity index (χ4n) is 1.87. The van der Waals surface area contributed by atoms with E-state index in [1.54, 1.807) is 0 Å². The fraction of sp³-hybridized carbons (Fsp3) is 0.846. The van der Waals surface area contributed by atoms with Crippen molar-refractivity contribution in [3.8, 4) is 0 Å². The lowest BCUT2D eigenvalue weighted by molar-refractivity contribution is -0.153. The first-order chi connectivity index (χ1) is 8.37. The lowest BCUT2D eigenvalue weighted by atomic mass is 9.69. The highest BCUT2D eigenvalue weighted by molar-refractivity contribution is 5.78. The van der Waals surface area contributed by atoms with Crippen LogP contribution in [0.2, 0.25) is 0 Å². The monoisotopic (exact) mass is 256 g/mol. The molecule has 0 aromatic heterocycles. The zero-order valence-electron chi connectivity index (χ0n) is 11.5. The Kier molecular flexibility index (Phi) is 4.99. The third-order valence-electron chi connectivity index (χ3n) is 4.07. The maximum absolute atomic E-state index is 11.6. The molecule has 0 saturated heterocycles. The highest BCUT2D eigenvalue weighted by Gasteiger charge is 2.44. The number of carboxylic acids is 1. The minimum Gasteiger partial charge on any atom is -0.481 e. The maximum Gasteiger partial charge on any atom is 0.314 e. The molecule has 1 rings (SSSR count). The average Bonchev–Trinajstić information content (AvgIpc) is 2.23. The molecule has 5 nitrogen and oxygen atoms in total. The molecule has 0 spiro atoms. The van der Waals surface area contributed by atoms with Gasteiger partial charge in [-0.15, -0.1) is 0 Å². The van der Waals surface area contributed by atoms with E-state index in [-0.39, 0.29) is 12.6 Å². The second-order valence-electron chi connectivity index (χ2n) is 5.72. The highest BCUT2D eigenvalue weighted by Crippen LogP contribution is 2.40. The molecule has 0 aliphatic heterocycles. The van der Waals surface area contributed by atoms with Crippen LogP contribution in [-0.4, -0.2) is 30.2 Å². The van der Waals surface area contributed by atoms with Gasteiger partial charge in [-0.3, -0.25) is 4.79 Å². The molecular formula is C13H24N2O3. The summed E-state index contributed by atoms with van der Waals surface area (Å²) < 4.78 is 0. The van der Waals surface area contributed by atoms with Crippen LogP contribution in [0, 0.1) is 17.3 Å². The minimum atomic E-state index is -0.801. The molecule has 5 heteroatoms. The maximum atomic E-state index is 11.6. The van der Waals surface area contributed by atoms with Crippen molar-refractivity contribution in [2.45, 2.75) is 40.0 Å². The number of hydrogen-bond donors (Lipinski definition) is 3. The predicted molar refractivity (Wildman–Crippen MR) is 69.3 cm³/mol. The van der Waals surface area contributed by atoms with Gasteiger partial charge < -0.3 is 15.7 Å². The molecule has 1 aliphatic rings. The van der Waals surface area contributed by atoms with Gasteiger partial charge in [0.15, 0.2) is 0 Å². The van der Waals surface area contributed by atoms with Crippen molar-refractivity contribution < 1.29 is 14.7 Å². The van der Waals surface area contributed by atoms with Crippen molar-refractivity contribution in [1.29, 1.82) is 0 Å². The van der Waals surface area contributed by atoms with Gasteiger partial charge in [0.25, 0.3) is 0 Å². The first kappa shape index (κ1) is 14.8. The number of rotatable bonds is 6. The first-order valence-electron chi connectivity index (χ1n) is 6.62. The van der Waals surface area contributed by atoms with E-state index in [0.29, 0.717) is 31.2 Å². The fourth-order valence-corrected chi connectivity index (χ4v) is 1.87. The molecule has 1 atom stereocenters. The first-order valence-corrected chi connectivity index (χ1v) is 6.62. The summed E-state index contributed by atoms with van der Waals surface area (Å²) >= 11 is 0. The van der Waals surface area contributed by atoms with E-state index in [1.165, 1.54) is 0 Å². The van der Waals surface area contributed by atoms with Gasteiger partial charge in [-0.05, 0) is 24.7 Å². The van der Waals surface area contributed by atoms with Gasteiger partial charge in [-0.1, -0.05) is 27.2 Å². The van der Waals surface area contributed by atoms with Gasteiger partial charge in [0, 0.05) is 13.1 Å². The van der Waals surface area contributed by atoms with Crippen LogP contribution in [0.4, 0.5) is 4.79 Å². The van der Waals surface area contributed by atoms with Crippen molar-refractivity contribution in [3.05, 3.63) is 0 Å². The Bertz CT molecular complexity index is 311. The number of carbonyl (C=O) groups is 2. The molecular weight excluding hydrogens is 232 g/mol. The summed E-state index contributed by atoms with van der Waals surface area (Å²) in [6.07, 6.45) is 2.25. The molecule has 0 radical (unpaired) electrons. The number of aliphatic carboxylic acids is 1. The second-order valence-corrected chi connectivity index (χ2v) is 5.72. The van der Waals surface area contributed by atoms with E-state index in [2.05, 4.69) is 31.4 Å². The van der Waals surface area contributed by atoms with Crippen LogP contribution in [0.15, 0.2) is 0 Å². The molecule has 1 aliphatic carbocycles. The van der Waals surface area contributed by atoms with Crippen LogP contribution < -0.4 is 10.6 Å². The summed E-state index contributed by atoms with van der Waals surface area (Å²) in [4.78, 5) is 22.7. The highest BCUT2D eigenvalue weighted by atomic mass is 16.4. The smallest absolute Gasteiger partial charge is 0.314 e. The number of carboxylic acid groups (broad SMARTS) is 1. The average molecular weight is 256 g/mol. The standard InChI is InChI=1S/C13H24N2O3/c1-9(2)10(3)7-14-12(18)15-8-13(11(16)17)5-4-6-13/h9-10H,4-8H2,1-3H3,(H,16,17)(H2,14,15,18). The molecule has 0 aromatic carbocycles. The molecule has 3 N–H and O–H groups in total. The number of nitrogens with one attached hydrogen (secondary N) is 2. The molecule has 1 unspecified atom stereocenters. The van der Waals surface area contributed by atoms with Crippen LogP contribution in [0.5, 0.6) is 0 Å². The van der Waals surface area contributed by atoms with E-state index >= 15 is 0 Å². The summed E-state index contributed by atoms with van der Waals surface area (Å²) in [5.74, 6) is 0.125. The van der Waals surface area contributed by atoms with E-state index < -0.39 is 11.4 Å². The van der Waals surface area contributed by atoms with Crippen molar-refractivity contribution in [2.75, 3.05) is 13.1 Å². The normalized spacial score (nSPS) is 18.9. The summed E-state index contributed by atoms with van der Waals surface area (Å²) in [5.41, 5.74) is -0.721. The van der Waals surface area contributed by atoms with E-state index in [4.69, 9.17) is 5.11 Å². The van der Waals surface area contributed by atoms with Gasteiger partial charge >= 0.3 is 12.0 Å². The Morgan fingerprint density at radius 3 is 2.22 bits per heavy atom. The summed E-state index contributed by atoms with van der Waals surface area (Å²) in [7, 11) is 0. The van der Waals surface area contributed by atoms with E-state index in [9.17, 15) is 9.59 Å². The Morgan fingerprint density at radius 2 is 1.83 bits per heavy atom. The Labute approximate surface area is 108 Å². The molecule has 0 heterocycles. The lowest BCUT2D eigenvalue weighted by Crippen LogP contribution is -2.50. The van der Waals surface area contributed by atoms with Crippen molar-refractivity contribution in [2.24, 2.45) is 17.3 Å². The summed E-state index contributed by atoms with van der Waals surface area (Å²) in [6.45, 7) is 7.14. The third kappa shape index (κ3) is 3.62. The molecule has 104 valence electrons. The number of urea groups is 1. The van der Waals surface area contributed by atoms with Crippen molar-refractivity contribution in [3.63, 3.8) is 0 Å². The number of carbonyl (C=O) groups excluding carboxylic acids is 1. The lowest BCUT2D eigenvalue weighted by Gasteiger charge is -2.37. The van der Waals surface area contributed by atoms with Gasteiger partial charge in [0.2, 0.25) is 0 Å². The largest absolute Gasteiger partial charge is 0.481 e.